The van der Waals surface area contributed by atoms with Gasteiger partial charge in [-0.2, -0.15) is 0 Å². The van der Waals surface area contributed by atoms with Crippen molar-refractivity contribution in [3.8, 4) is 5.75 Å². The number of nitro benzene ring substituents is 1. The van der Waals surface area contributed by atoms with Crippen LogP contribution in [0.25, 0.3) is 0 Å². The summed E-state index contributed by atoms with van der Waals surface area (Å²) in [6.45, 7) is 0. The second-order valence-electron chi connectivity index (χ2n) is 7.67. The summed E-state index contributed by atoms with van der Waals surface area (Å²) in [6, 6.07) is 20.7. The maximum atomic E-state index is 13.7. The van der Waals surface area contributed by atoms with Crippen molar-refractivity contribution in [2.24, 2.45) is 0 Å². The number of rotatable bonds is 4. The lowest BCUT2D eigenvalue weighted by molar-refractivity contribution is -0.386. The van der Waals surface area contributed by atoms with E-state index in [-0.39, 0.29) is 17.2 Å². The fourth-order valence-electron chi connectivity index (χ4n) is 4.47. The van der Waals surface area contributed by atoms with E-state index in [0.717, 1.165) is 0 Å². The molecule has 0 saturated carbocycles. The van der Waals surface area contributed by atoms with E-state index < -0.39 is 22.9 Å². The Labute approximate surface area is 184 Å². The number of carbonyl (C=O) groups is 1. The van der Waals surface area contributed by atoms with Gasteiger partial charge in [-0.05, 0) is 24.3 Å². The zero-order valence-electron chi connectivity index (χ0n) is 17.4. The number of ether oxygens (including phenoxy) is 3. The number of nitro groups is 1. The van der Waals surface area contributed by atoms with Gasteiger partial charge in [0.1, 0.15) is 11.9 Å². The predicted molar refractivity (Wildman–Crippen MR) is 115 cm³/mol. The van der Waals surface area contributed by atoms with E-state index in [0.29, 0.717) is 22.6 Å². The summed E-state index contributed by atoms with van der Waals surface area (Å²) < 4.78 is 17.9. The average Bonchev–Trinajstić information content (AvgIpc) is 3.33. The summed E-state index contributed by atoms with van der Waals surface area (Å²) in [4.78, 5) is 26.5. The van der Waals surface area contributed by atoms with E-state index in [4.69, 9.17) is 14.2 Å². The summed E-state index contributed by atoms with van der Waals surface area (Å²) in [5.41, 5.74) is 0.572. The molecule has 1 spiro atoms. The van der Waals surface area contributed by atoms with E-state index in [1.807, 2.05) is 18.2 Å². The molecule has 2 aliphatic heterocycles. The molecule has 162 valence electrons. The molecule has 32 heavy (non-hydrogen) atoms. The van der Waals surface area contributed by atoms with Crippen molar-refractivity contribution in [1.82, 2.24) is 0 Å². The lowest BCUT2D eigenvalue weighted by Crippen LogP contribution is -2.42. The molecule has 2 aliphatic rings. The number of benzene rings is 3. The number of nitrogens with zero attached hydrogens (tertiary/aromatic N) is 2. The van der Waals surface area contributed by atoms with Gasteiger partial charge in [0.2, 0.25) is 5.60 Å². The van der Waals surface area contributed by atoms with Gasteiger partial charge >= 0.3 is 0 Å². The molecule has 8 heteroatoms. The SMILES string of the molecule is COc1ccc([C@H]2O[C@H](c3ccccc3[N+](=O)[O-])[C@@]3(O2)C(=O)N(C)c2ccccc23)cc1. The van der Waals surface area contributed by atoms with Crippen molar-refractivity contribution in [2.75, 3.05) is 19.1 Å². The van der Waals surface area contributed by atoms with Crippen LogP contribution in [0, 0.1) is 10.1 Å². The number of amides is 1. The molecule has 3 atom stereocenters. The van der Waals surface area contributed by atoms with Crippen LogP contribution in [0.1, 0.15) is 29.1 Å². The van der Waals surface area contributed by atoms with Gasteiger partial charge in [-0.3, -0.25) is 14.9 Å². The minimum absolute atomic E-state index is 0.129. The number of hydrogen-bond acceptors (Lipinski definition) is 6. The van der Waals surface area contributed by atoms with Crippen LogP contribution in [0.3, 0.4) is 0 Å². The third-order valence-corrected chi connectivity index (χ3v) is 6.01. The van der Waals surface area contributed by atoms with Crippen LogP contribution in [0.2, 0.25) is 0 Å². The zero-order valence-corrected chi connectivity index (χ0v) is 17.4. The van der Waals surface area contributed by atoms with E-state index >= 15 is 0 Å². The summed E-state index contributed by atoms with van der Waals surface area (Å²) >= 11 is 0. The summed E-state index contributed by atoms with van der Waals surface area (Å²) in [5, 5.41) is 11.8. The molecule has 5 rings (SSSR count). The van der Waals surface area contributed by atoms with E-state index in [1.165, 1.54) is 11.0 Å². The van der Waals surface area contributed by atoms with Gasteiger partial charge in [-0.15, -0.1) is 0 Å². The molecule has 0 aliphatic carbocycles. The second kappa shape index (κ2) is 7.44. The number of para-hydroxylation sites is 2. The Morgan fingerprint density at radius 1 is 1.03 bits per heavy atom. The first-order valence-corrected chi connectivity index (χ1v) is 10.1. The van der Waals surface area contributed by atoms with Crippen molar-refractivity contribution in [1.29, 1.82) is 0 Å². The van der Waals surface area contributed by atoms with Gasteiger partial charge in [0.15, 0.2) is 6.29 Å². The Balaban J connectivity index is 1.70. The van der Waals surface area contributed by atoms with Crippen LogP contribution in [0.15, 0.2) is 72.8 Å². The van der Waals surface area contributed by atoms with Crippen molar-refractivity contribution < 1.29 is 23.9 Å². The standard InChI is InChI=1S/C24H20N2O6/c1-25-20-10-6-4-8-18(20)24(23(25)27)21(17-7-3-5-9-19(17)26(28)29)31-22(32-24)15-11-13-16(30-2)14-12-15/h3-14,21-22H,1-2H3/t21-,22+,24-/m1/s1. The average molecular weight is 432 g/mol. The second-order valence-corrected chi connectivity index (χ2v) is 7.67. The van der Waals surface area contributed by atoms with Gasteiger partial charge < -0.3 is 19.1 Å². The highest BCUT2D eigenvalue weighted by Gasteiger charge is 2.64. The maximum absolute atomic E-state index is 13.7. The van der Waals surface area contributed by atoms with Crippen molar-refractivity contribution in [2.45, 2.75) is 18.0 Å². The number of likely N-dealkylation sites (N-methyl/N-ethyl adjacent to an activating group) is 1. The van der Waals surface area contributed by atoms with Gasteiger partial charge in [0.05, 0.1) is 23.3 Å². The third-order valence-electron chi connectivity index (χ3n) is 6.01. The number of anilines is 1. The quantitative estimate of drug-likeness (QED) is 0.452. The molecular formula is C24H20N2O6. The Hall–Kier alpha value is -3.75. The lowest BCUT2D eigenvalue weighted by Gasteiger charge is -2.27. The van der Waals surface area contributed by atoms with Crippen LogP contribution in [-0.4, -0.2) is 25.0 Å². The van der Waals surface area contributed by atoms with Gasteiger partial charge in [-0.25, -0.2) is 0 Å². The van der Waals surface area contributed by atoms with Crippen LogP contribution in [-0.2, 0) is 19.9 Å². The molecular weight excluding hydrogens is 412 g/mol. The summed E-state index contributed by atoms with van der Waals surface area (Å²) in [6.07, 6.45) is -1.93. The van der Waals surface area contributed by atoms with Crippen LogP contribution >= 0.6 is 0 Å². The van der Waals surface area contributed by atoms with Gasteiger partial charge in [-0.1, -0.05) is 42.5 Å². The minimum atomic E-state index is -1.55. The molecule has 0 radical (unpaired) electrons. The van der Waals surface area contributed by atoms with Gasteiger partial charge in [0, 0.05) is 24.2 Å². The highest BCUT2D eigenvalue weighted by atomic mass is 16.7. The molecule has 0 bridgehead atoms. The molecule has 2 heterocycles. The van der Waals surface area contributed by atoms with Crippen molar-refractivity contribution in [3.05, 3.63) is 99.6 Å². The highest BCUT2D eigenvalue weighted by Crippen LogP contribution is 2.59. The Morgan fingerprint density at radius 2 is 1.72 bits per heavy atom. The topological polar surface area (TPSA) is 91.1 Å². The van der Waals surface area contributed by atoms with E-state index in [1.54, 1.807) is 62.7 Å². The number of carbonyl (C=O) groups excluding carboxylic acids is 1. The molecule has 3 aromatic carbocycles. The normalized spacial score (nSPS) is 24.1. The number of fused-ring (bicyclic) bond motifs is 2. The first-order valence-electron chi connectivity index (χ1n) is 10.1. The van der Waals surface area contributed by atoms with Crippen LogP contribution in [0.4, 0.5) is 11.4 Å². The summed E-state index contributed by atoms with van der Waals surface area (Å²) in [7, 11) is 3.23. The molecule has 8 nitrogen and oxygen atoms in total. The molecule has 3 aromatic rings. The lowest BCUT2D eigenvalue weighted by atomic mass is 9.85. The van der Waals surface area contributed by atoms with Crippen LogP contribution < -0.4 is 9.64 Å². The number of hydrogen-bond donors (Lipinski definition) is 0. The maximum Gasteiger partial charge on any atom is 0.275 e. The van der Waals surface area contributed by atoms with Crippen molar-refractivity contribution in [3.63, 3.8) is 0 Å². The Bertz CT molecular complexity index is 1210. The fourth-order valence-corrected chi connectivity index (χ4v) is 4.47. The highest BCUT2D eigenvalue weighted by molar-refractivity contribution is 6.07. The van der Waals surface area contributed by atoms with Gasteiger partial charge in [0.25, 0.3) is 11.6 Å². The summed E-state index contributed by atoms with van der Waals surface area (Å²) in [5.74, 6) is 0.330. The van der Waals surface area contributed by atoms with E-state index in [2.05, 4.69) is 0 Å². The first kappa shape index (κ1) is 20.2. The molecule has 0 aromatic heterocycles. The largest absolute Gasteiger partial charge is 0.497 e. The van der Waals surface area contributed by atoms with E-state index in [9.17, 15) is 14.9 Å². The molecule has 0 N–H and O–H groups in total. The monoisotopic (exact) mass is 432 g/mol. The minimum Gasteiger partial charge on any atom is -0.497 e. The Morgan fingerprint density at radius 3 is 2.44 bits per heavy atom. The predicted octanol–water partition coefficient (Wildman–Crippen LogP) is 4.26. The molecule has 1 fully saturated rings. The molecule has 1 amide bonds. The Kier molecular flexibility index (Phi) is 4.69. The third kappa shape index (κ3) is 2.80. The fraction of sp³-hybridized carbons (Fsp3) is 0.208. The molecule has 1 saturated heterocycles. The zero-order chi connectivity index (χ0) is 22.5. The first-order chi connectivity index (χ1) is 15.5. The number of methoxy groups -OCH3 is 1. The molecule has 0 unspecified atom stereocenters. The van der Waals surface area contributed by atoms with Crippen molar-refractivity contribution >= 4 is 17.3 Å². The van der Waals surface area contributed by atoms with Crippen LogP contribution in [0.5, 0.6) is 5.75 Å². The smallest absolute Gasteiger partial charge is 0.275 e.